The summed E-state index contributed by atoms with van der Waals surface area (Å²) in [6, 6.07) is 6.06. The molecule has 0 radical (unpaired) electrons. The van der Waals surface area contributed by atoms with Gasteiger partial charge in [0.25, 0.3) is 0 Å². The Morgan fingerprint density at radius 3 is 2.85 bits per heavy atom. The van der Waals surface area contributed by atoms with E-state index in [0.717, 1.165) is 42.1 Å². The van der Waals surface area contributed by atoms with Crippen molar-refractivity contribution in [2.75, 3.05) is 13.1 Å². The molecule has 1 saturated heterocycles. The third-order valence-electron chi connectivity index (χ3n) is 4.39. The van der Waals surface area contributed by atoms with Gasteiger partial charge in [0.2, 0.25) is 0 Å². The van der Waals surface area contributed by atoms with E-state index in [1.165, 1.54) is 0 Å². The molecule has 1 aromatic carbocycles. The molecule has 0 bridgehead atoms. The highest BCUT2D eigenvalue weighted by Gasteiger charge is 2.40. The van der Waals surface area contributed by atoms with Crippen molar-refractivity contribution in [1.29, 1.82) is 0 Å². The molecule has 1 aliphatic heterocycles. The van der Waals surface area contributed by atoms with Gasteiger partial charge in [-0.15, -0.1) is 0 Å². The lowest BCUT2D eigenvalue weighted by Crippen LogP contribution is -2.47. The molecule has 0 spiro atoms. The van der Waals surface area contributed by atoms with Gasteiger partial charge in [-0.3, -0.25) is 9.69 Å². The van der Waals surface area contributed by atoms with Crippen LogP contribution >= 0.6 is 11.6 Å². The number of carboxylic acids is 1. The van der Waals surface area contributed by atoms with Crippen molar-refractivity contribution in [2.45, 2.75) is 39.7 Å². The van der Waals surface area contributed by atoms with Crippen molar-refractivity contribution in [3.8, 4) is 0 Å². The van der Waals surface area contributed by atoms with Gasteiger partial charge >= 0.3 is 5.97 Å². The number of hydrogen-bond acceptors (Lipinski definition) is 2. The molecule has 0 saturated carbocycles. The summed E-state index contributed by atoms with van der Waals surface area (Å²) in [6.07, 6.45) is 2.39. The van der Waals surface area contributed by atoms with Gasteiger partial charge in [-0.25, -0.2) is 0 Å². The summed E-state index contributed by atoms with van der Waals surface area (Å²) in [7, 11) is 0. The van der Waals surface area contributed by atoms with Crippen LogP contribution in [0.25, 0.3) is 0 Å². The van der Waals surface area contributed by atoms with Gasteiger partial charge in [-0.05, 0) is 49.9 Å². The smallest absolute Gasteiger partial charge is 0.310 e. The number of piperidine rings is 1. The van der Waals surface area contributed by atoms with Crippen LogP contribution in [0, 0.1) is 12.3 Å². The zero-order valence-corrected chi connectivity index (χ0v) is 12.9. The number of benzene rings is 1. The summed E-state index contributed by atoms with van der Waals surface area (Å²) in [4.78, 5) is 13.8. The van der Waals surface area contributed by atoms with Crippen LogP contribution in [-0.2, 0) is 11.3 Å². The molecule has 3 nitrogen and oxygen atoms in total. The third kappa shape index (κ3) is 3.15. The molecule has 1 aliphatic rings. The highest BCUT2D eigenvalue weighted by atomic mass is 35.5. The Kier molecular flexibility index (Phi) is 4.71. The number of carbonyl (C=O) groups is 1. The third-order valence-corrected chi connectivity index (χ3v) is 4.74. The number of halogens is 1. The standard InChI is InChI=1S/C16H22ClNO2/c1-3-16(15(19)20)7-4-8-18(11-16)10-13-6-5-12(2)9-14(13)17/h5-6,9H,3-4,7-8,10-11H2,1-2H3,(H,19,20). The Labute approximate surface area is 125 Å². The highest BCUT2D eigenvalue weighted by molar-refractivity contribution is 6.31. The maximum absolute atomic E-state index is 11.6. The largest absolute Gasteiger partial charge is 0.481 e. The Balaban J connectivity index is 2.11. The predicted octanol–water partition coefficient (Wildman–Crippen LogP) is 3.73. The first kappa shape index (κ1) is 15.3. The minimum absolute atomic E-state index is 0.588. The summed E-state index contributed by atoms with van der Waals surface area (Å²) < 4.78 is 0. The maximum Gasteiger partial charge on any atom is 0.310 e. The maximum atomic E-state index is 11.6. The molecule has 1 unspecified atom stereocenters. The Bertz CT molecular complexity index is 503. The Hall–Kier alpha value is -1.06. The van der Waals surface area contributed by atoms with E-state index in [9.17, 15) is 9.90 Å². The van der Waals surface area contributed by atoms with Gasteiger partial charge in [0.1, 0.15) is 0 Å². The van der Waals surface area contributed by atoms with E-state index in [1.54, 1.807) is 0 Å². The first-order chi connectivity index (χ1) is 9.47. The van der Waals surface area contributed by atoms with Crippen molar-refractivity contribution < 1.29 is 9.90 Å². The van der Waals surface area contributed by atoms with Crippen LogP contribution in [0.1, 0.15) is 37.3 Å². The molecular formula is C16H22ClNO2. The molecule has 0 aromatic heterocycles. The molecule has 110 valence electrons. The summed E-state index contributed by atoms with van der Waals surface area (Å²) in [5, 5.41) is 10.3. The minimum Gasteiger partial charge on any atom is -0.481 e. The predicted molar refractivity (Wildman–Crippen MR) is 81.1 cm³/mol. The second-order valence-electron chi connectivity index (χ2n) is 5.85. The van der Waals surface area contributed by atoms with Crippen molar-refractivity contribution in [1.82, 2.24) is 4.90 Å². The highest BCUT2D eigenvalue weighted by Crippen LogP contribution is 2.34. The van der Waals surface area contributed by atoms with Crippen molar-refractivity contribution in [2.24, 2.45) is 5.41 Å². The quantitative estimate of drug-likeness (QED) is 0.920. The van der Waals surface area contributed by atoms with Crippen molar-refractivity contribution >= 4 is 17.6 Å². The fraction of sp³-hybridized carbons (Fsp3) is 0.562. The fourth-order valence-corrected chi connectivity index (χ4v) is 3.29. The lowest BCUT2D eigenvalue weighted by molar-refractivity contribution is -0.153. The van der Waals surface area contributed by atoms with Crippen LogP contribution in [0.2, 0.25) is 5.02 Å². The molecule has 1 aromatic rings. The summed E-state index contributed by atoms with van der Waals surface area (Å²) in [6.45, 7) is 6.27. The average Bonchev–Trinajstić information content (AvgIpc) is 2.42. The van der Waals surface area contributed by atoms with E-state index in [2.05, 4.69) is 11.0 Å². The van der Waals surface area contributed by atoms with Crippen LogP contribution in [-0.4, -0.2) is 29.1 Å². The second kappa shape index (κ2) is 6.15. The number of carboxylic acid groups (broad SMARTS) is 1. The number of rotatable bonds is 4. The van der Waals surface area contributed by atoms with Crippen LogP contribution in [0.4, 0.5) is 0 Å². The van der Waals surface area contributed by atoms with Gasteiger partial charge in [0.05, 0.1) is 5.41 Å². The first-order valence-electron chi connectivity index (χ1n) is 7.17. The van der Waals surface area contributed by atoms with Gasteiger partial charge < -0.3 is 5.11 Å². The van der Waals surface area contributed by atoms with E-state index in [1.807, 2.05) is 26.0 Å². The molecule has 4 heteroatoms. The van der Waals surface area contributed by atoms with Crippen LogP contribution in [0.5, 0.6) is 0 Å². The molecule has 1 fully saturated rings. The van der Waals surface area contributed by atoms with Gasteiger partial charge in [0.15, 0.2) is 0 Å². The van der Waals surface area contributed by atoms with E-state index in [-0.39, 0.29) is 0 Å². The van der Waals surface area contributed by atoms with Crippen molar-refractivity contribution in [3.63, 3.8) is 0 Å². The van der Waals surface area contributed by atoms with Crippen LogP contribution < -0.4 is 0 Å². The van der Waals surface area contributed by atoms with E-state index < -0.39 is 11.4 Å². The van der Waals surface area contributed by atoms with Crippen LogP contribution in [0.3, 0.4) is 0 Å². The van der Waals surface area contributed by atoms with E-state index >= 15 is 0 Å². The number of hydrogen-bond donors (Lipinski definition) is 1. The molecule has 0 amide bonds. The number of aryl methyl sites for hydroxylation is 1. The molecule has 2 rings (SSSR count). The monoisotopic (exact) mass is 295 g/mol. The van der Waals surface area contributed by atoms with Crippen molar-refractivity contribution in [3.05, 3.63) is 34.3 Å². The van der Waals surface area contributed by atoms with Gasteiger partial charge in [-0.1, -0.05) is 30.7 Å². The number of nitrogens with zero attached hydrogens (tertiary/aromatic N) is 1. The summed E-state index contributed by atoms with van der Waals surface area (Å²) in [5.74, 6) is -0.667. The zero-order valence-electron chi connectivity index (χ0n) is 12.2. The van der Waals surface area contributed by atoms with Gasteiger partial charge in [-0.2, -0.15) is 0 Å². The fourth-order valence-electron chi connectivity index (χ4n) is 3.00. The Morgan fingerprint density at radius 2 is 2.25 bits per heavy atom. The van der Waals surface area contributed by atoms with Gasteiger partial charge in [0, 0.05) is 18.1 Å². The topological polar surface area (TPSA) is 40.5 Å². The zero-order chi connectivity index (χ0) is 14.8. The molecule has 0 aliphatic carbocycles. The molecule has 1 heterocycles. The average molecular weight is 296 g/mol. The molecule has 1 N–H and O–H groups in total. The minimum atomic E-state index is -0.667. The lowest BCUT2D eigenvalue weighted by atomic mass is 9.77. The molecule has 20 heavy (non-hydrogen) atoms. The number of likely N-dealkylation sites (tertiary alicyclic amines) is 1. The SMILES string of the molecule is CCC1(C(=O)O)CCCN(Cc2ccc(C)cc2Cl)C1. The second-order valence-corrected chi connectivity index (χ2v) is 6.26. The lowest BCUT2D eigenvalue weighted by Gasteiger charge is -2.39. The number of aliphatic carboxylic acids is 1. The summed E-state index contributed by atoms with van der Waals surface area (Å²) >= 11 is 6.27. The van der Waals surface area contributed by atoms with Crippen LogP contribution in [0.15, 0.2) is 18.2 Å². The molecule has 1 atom stereocenters. The summed E-state index contributed by atoms with van der Waals surface area (Å²) in [5.41, 5.74) is 1.63. The Morgan fingerprint density at radius 1 is 1.50 bits per heavy atom. The van der Waals surface area contributed by atoms with E-state index in [0.29, 0.717) is 13.0 Å². The van der Waals surface area contributed by atoms with E-state index in [4.69, 9.17) is 11.6 Å². The normalized spacial score (nSPS) is 23.8. The molecular weight excluding hydrogens is 274 g/mol. The first-order valence-corrected chi connectivity index (χ1v) is 7.55.